The van der Waals surface area contributed by atoms with Crippen LogP contribution in [-0.4, -0.2) is 46.4 Å². The first-order valence-corrected chi connectivity index (χ1v) is 12.5. The van der Waals surface area contributed by atoms with Gasteiger partial charge in [-0.1, -0.05) is 57.2 Å². The molecule has 2 heterocycles. The Bertz CT molecular complexity index is 1350. The first kappa shape index (κ1) is 23.2. The quantitative estimate of drug-likeness (QED) is 0.295. The number of hydrogen-bond acceptors (Lipinski definition) is 5. The summed E-state index contributed by atoms with van der Waals surface area (Å²) in [6, 6.07) is 13.7. The smallest absolute Gasteiger partial charge is 0.198 e. The predicted molar refractivity (Wildman–Crippen MR) is 140 cm³/mol. The van der Waals surface area contributed by atoms with Gasteiger partial charge < -0.3 is 9.47 Å². The van der Waals surface area contributed by atoms with E-state index in [1.165, 1.54) is 11.1 Å². The summed E-state index contributed by atoms with van der Waals surface area (Å²) in [5, 5.41) is 4.53. The molecule has 6 nitrogen and oxygen atoms in total. The standard InChI is InChI=1S/C29H32N4O2/c1-5-32(6-2)15-14-18(3)30-31-24-13-9-12-22-25(24)29(35)23-17-33-16-20-10-7-8-11-21(20)19(4)27(33)26(23)28(22)34/h7-13,17,19,31H,5-6,14-16H2,1-4H3. The monoisotopic (exact) mass is 468 g/mol. The van der Waals surface area contributed by atoms with Crippen LogP contribution in [0.4, 0.5) is 5.69 Å². The summed E-state index contributed by atoms with van der Waals surface area (Å²) >= 11 is 0. The molecule has 0 spiro atoms. The third-order valence-electron chi connectivity index (χ3n) is 7.45. The van der Waals surface area contributed by atoms with Crippen molar-refractivity contribution in [3.63, 3.8) is 0 Å². The van der Waals surface area contributed by atoms with Crippen molar-refractivity contribution in [1.29, 1.82) is 0 Å². The van der Waals surface area contributed by atoms with Crippen LogP contribution in [0.3, 0.4) is 0 Å². The van der Waals surface area contributed by atoms with E-state index in [1.54, 1.807) is 6.07 Å². The van der Waals surface area contributed by atoms with Crippen LogP contribution in [-0.2, 0) is 6.54 Å². The molecule has 0 amide bonds. The minimum Gasteiger partial charge on any atom is -0.345 e. The van der Waals surface area contributed by atoms with Crippen molar-refractivity contribution in [2.75, 3.05) is 25.1 Å². The zero-order valence-corrected chi connectivity index (χ0v) is 20.9. The molecule has 2 aromatic carbocycles. The summed E-state index contributed by atoms with van der Waals surface area (Å²) in [5.41, 5.74) is 9.92. The normalized spacial score (nSPS) is 16.6. The second-order valence-electron chi connectivity index (χ2n) is 9.47. The van der Waals surface area contributed by atoms with Crippen molar-refractivity contribution in [2.45, 2.75) is 46.6 Å². The Morgan fingerprint density at radius 3 is 2.54 bits per heavy atom. The van der Waals surface area contributed by atoms with Crippen LogP contribution in [0.5, 0.6) is 0 Å². The number of hydrogen-bond donors (Lipinski definition) is 1. The number of benzene rings is 2. The van der Waals surface area contributed by atoms with Crippen molar-refractivity contribution in [2.24, 2.45) is 5.10 Å². The SMILES string of the molecule is CCN(CC)CCC(C)=NNc1cccc2c1C(=O)c1cn3c(c1C2=O)C(C)c1ccccc1C3. The molecule has 1 aliphatic heterocycles. The highest BCUT2D eigenvalue weighted by atomic mass is 16.1. The lowest BCUT2D eigenvalue weighted by atomic mass is 9.81. The first-order chi connectivity index (χ1) is 16.9. The maximum Gasteiger partial charge on any atom is 0.198 e. The van der Waals surface area contributed by atoms with Gasteiger partial charge in [0, 0.05) is 42.2 Å². The van der Waals surface area contributed by atoms with Gasteiger partial charge in [-0.25, -0.2) is 0 Å². The molecule has 180 valence electrons. The molecule has 1 N–H and O–H groups in total. The summed E-state index contributed by atoms with van der Waals surface area (Å²) in [6.07, 6.45) is 2.71. The summed E-state index contributed by atoms with van der Waals surface area (Å²) in [4.78, 5) is 29.8. The number of carbonyl (C=O) groups is 2. The number of ketones is 2. The lowest BCUT2D eigenvalue weighted by molar-refractivity contribution is 0.0980. The summed E-state index contributed by atoms with van der Waals surface area (Å²) < 4.78 is 2.09. The molecule has 0 bridgehead atoms. The maximum atomic E-state index is 13.7. The first-order valence-electron chi connectivity index (χ1n) is 12.5. The van der Waals surface area contributed by atoms with E-state index >= 15 is 0 Å². The highest BCUT2D eigenvalue weighted by Gasteiger charge is 2.39. The molecular formula is C29H32N4O2. The van der Waals surface area contributed by atoms with E-state index in [0.717, 1.165) is 37.5 Å². The molecule has 0 radical (unpaired) electrons. The van der Waals surface area contributed by atoms with Crippen molar-refractivity contribution >= 4 is 23.0 Å². The van der Waals surface area contributed by atoms with Gasteiger partial charge in [0.05, 0.1) is 22.4 Å². The van der Waals surface area contributed by atoms with Crippen LogP contribution in [0.25, 0.3) is 0 Å². The largest absolute Gasteiger partial charge is 0.345 e. The van der Waals surface area contributed by atoms with E-state index in [1.807, 2.05) is 37.4 Å². The van der Waals surface area contributed by atoms with Gasteiger partial charge >= 0.3 is 0 Å². The predicted octanol–water partition coefficient (Wildman–Crippen LogP) is 5.30. The third kappa shape index (κ3) is 3.92. The fraction of sp³-hybridized carbons (Fsp3) is 0.345. The van der Waals surface area contributed by atoms with Gasteiger partial charge in [0.25, 0.3) is 0 Å². The van der Waals surface area contributed by atoms with Gasteiger partial charge in [0.15, 0.2) is 11.6 Å². The van der Waals surface area contributed by atoms with E-state index in [9.17, 15) is 9.59 Å². The molecule has 2 aliphatic rings. The molecule has 1 unspecified atom stereocenters. The van der Waals surface area contributed by atoms with Crippen molar-refractivity contribution in [3.8, 4) is 0 Å². The van der Waals surface area contributed by atoms with Gasteiger partial charge in [-0.2, -0.15) is 5.10 Å². The highest BCUT2D eigenvalue weighted by molar-refractivity contribution is 6.30. The van der Waals surface area contributed by atoms with Gasteiger partial charge in [-0.05, 0) is 43.6 Å². The average molecular weight is 469 g/mol. The molecule has 1 aromatic heterocycles. The topological polar surface area (TPSA) is 66.7 Å². The summed E-state index contributed by atoms with van der Waals surface area (Å²) in [7, 11) is 0. The molecule has 0 fully saturated rings. The van der Waals surface area contributed by atoms with Crippen LogP contribution >= 0.6 is 0 Å². The van der Waals surface area contributed by atoms with E-state index in [-0.39, 0.29) is 17.5 Å². The zero-order valence-electron chi connectivity index (χ0n) is 20.9. The Hall–Kier alpha value is -3.51. The van der Waals surface area contributed by atoms with Gasteiger partial charge in [-0.15, -0.1) is 0 Å². The number of nitrogens with zero attached hydrogens (tertiary/aromatic N) is 3. The van der Waals surface area contributed by atoms with E-state index in [2.05, 4.69) is 52.9 Å². The number of hydrazone groups is 1. The van der Waals surface area contributed by atoms with E-state index < -0.39 is 0 Å². The fourth-order valence-electron chi connectivity index (χ4n) is 5.43. The second-order valence-corrected chi connectivity index (χ2v) is 9.47. The van der Waals surface area contributed by atoms with Crippen LogP contribution in [0, 0.1) is 0 Å². The number of carbonyl (C=O) groups excluding carboxylic acids is 2. The molecule has 0 saturated heterocycles. The Kier molecular flexibility index (Phi) is 6.15. The number of aromatic nitrogens is 1. The lowest BCUT2D eigenvalue weighted by Gasteiger charge is -2.27. The number of rotatable bonds is 7. The molecule has 1 atom stereocenters. The minimum absolute atomic E-state index is 0.0429. The molecule has 5 rings (SSSR count). The minimum atomic E-state index is -0.119. The molecule has 0 saturated carbocycles. The molecule has 35 heavy (non-hydrogen) atoms. The van der Waals surface area contributed by atoms with Gasteiger partial charge in [0.2, 0.25) is 0 Å². The van der Waals surface area contributed by atoms with Crippen LogP contribution in [0.1, 0.15) is 88.7 Å². The van der Waals surface area contributed by atoms with Crippen molar-refractivity contribution in [1.82, 2.24) is 9.47 Å². The molecule has 6 heteroatoms. The Labute approximate surface area is 206 Å². The van der Waals surface area contributed by atoms with E-state index in [0.29, 0.717) is 34.5 Å². The molecule has 3 aromatic rings. The van der Waals surface area contributed by atoms with Crippen LogP contribution in [0.15, 0.2) is 53.8 Å². The highest BCUT2D eigenvalue weighted by Crippen LogP contribution is 2.41. The van der Waals surface area contributed by atoms with Gasteiger partial charge in [0.1, 0.15) is 0 Å². The average Bonchev–Trinajstić information content (AvgIpc) is 3.27. The Morgan fingerprint density at radius 2 is 1.77 bits per heavy atom. The molecular weight excluding hydrogens is 436 g/mol. The number of fused-ring (bicyclic) bond motifs is 5. The summed E-state index contributed by atoms with van der Waals surface area (Å²) in [6.45, 7) is 12.0. The zero-order chi connectivity index (χ0) is 24.7. The maximum absolute atomic E-state index is 13.7. The number of anilines is 1. The van der Waals surface area contributed by atoms with Crippen molar-refractivity contribution in [3.05, 3.63) is 87.7 Å². The Morgan fingerprint density at radius 1 is 1.03 bits per heavy atom. The van der Waals surface area contributed by atoms with Crippen molar-refractivity contribution < 1.29 is 9.59 Å². The van der Waals surface area contributed by atoms with E-state index in [4.69, 9.17) is 0 Å². The van der Waals surface area contributed by atoms with Gasteiger partial charge in [-0.3, -0.25) is 15.0 Å². The Balaban J connectivity index is 1.47. The summed E-state index contributed by atoms with van der Waals surface area (Å²) in [5.74, 6) is -0.159. The number of nitrogens with one attached hydrogen (secondary N) is 1. The third-order valence-corrected chi connectivity index (χ3v) is 7.45. The lowest BCUT2D eigenvalue weighted by Crippen LogP contribution is -2.25. The molecule has 1 aliphatic carbocycles. The van der Waals surface area contributed by atoms with Crippen LogP contribution < -0.4 is 5.43 Å². The second kappa shape index (κ2) is 9.27. The van der Waals surface area contributed by atoms with Crippen LogP contribution in [0.2, 0.25) is 0 Å². The fourth-order valence-corrected chi connectivity index (χ4v) is 5.43.